The van der Waals surface area contributed by atoms with Crippen molar-refractivity contribution in [2.45, 2.75) is 26.2 Å². The molecule has 0 radical (unpaired) electrons. The van der Waals surface area contributed by atoms with Crippen molar-refractivity contribution in [3.63, 3.8) is 0 Å². The second-order valence-electron chi connectivity index (χ2n) is 5.35. The van der Waals surface area contributed by atoms with Crippen LogP contribution in [0.15, 0.2) is 23.6 Å². The van der Waals surface area contributed by atoms with E-state index in [0.29, 0.717) is 5.01 Å². The van der Waals surface area contributed by atoms with Gasteiger partial charge in [-0.15, -0.1) is 11.3 Å². The number of carbonyl (C=O) groups is 1. The van der Waals surface area contributed by atoms with Crippen LogP contribution in [-0.2, 0) is 5.41 Å². The number of aldehydes is 1. The number of carbonyl (C=O) groups excluding carboxylic acids is 1. The molecule has 0 atom stereocenters. The normalized spacial score (nSPS) is 11.4. The molecule has 0 bridgehead atoms. The van der Waals surface area contributed by atoms with Gasteiger partial charge in [-0.25, -0.2) is 4.98 Å². The summed E-state index contributed by atoms with van der Waals surface area (Å²) in [4.78, 5) is 15.0. The van der Waals surface area contributed by atoms with Gasteiger partial charge in [0.15, 0.2) is 11.3 Å². The van der Waals surface area contributed by atoms with Crippen LogP contribution in [0, 0.1) is 0 Å². The SMILES string of the molecule is COc1ccc(-c2csc(C=O)n2)cc1C(C)(C)C. The number of hydrogen-bond donors (Lipinski definition) is 0. The number of hydrogen-bond acceptors (Lipinski definition) is 4. The highest BCUT2D eigenvalue weighted by molar-refractivity contribution is 7.11. The second kappa shape index (κ2) is 5.13. The minimum Gasteiger partial charge on any atom is -0.496 e. The predicted molar refractivity (Wildman–Crippen MR) is 78.2 cm³/mol. The van der Waals surface area contributed by atoms with Crippen molar-refractivity contribution in [3.8, 4) is 17.0 Å². The summed E-state index contributed by atoms with van der Waals surface area (Å²) in [5, 5.41) is 2.40. The molecule has 0 aliphatic heterocycles. The Hall–Kier alpha value is -1.68. The molecule has 0 saturated carbocycles. The highest BCUT2D eigenvalue weighted by atomic mass is 32.1. The Morgan fingerprint density at radius 2 is 2.05 bits per heavy atom. The fourth-order valence-corrected chi connectivity index (χ4v) is 2.56. The van der Waals surface area contributed by atoms with Crippen LogP contribution in [-0.4, -0.2) is 18.4 Å². The van der Waals surface area contributed by atoms with Crippen molar-refractivity contribution in [1.29, 1.82) is 0 Å². The first-order valence-electron chi connectivity index (χ1n) is 6.05. The minimum atomic E-state index is -0.00906. The van der Waals surface area contributed by atoms with Crippen molar-refractivity contribution >= 4 is 17.6 Å². The number of benzene rings is 1. The molecule has 1 aromatic carbocycles. The standard InChI is InChI=1S/C15H17NO2S/c1-15(2,3)11-7-10(5-6-13(11)18-4)12-9-19-14(8-17)16-12/h5-9H,1-4H3. The molecule has 0 spiro atoms. The molecule has 0 aliphatic rings. The number of thiazole rings is 1. The Morgan fingerprint density at radius 3 is 2.58 bits per heavy atom. The van der Waals surface area contributed by atoms with Crippen molar-refractivity contribution in [1.82, 2.24) is 4.98 Å². The first-order chi connectivity index (χ1) is 8.95. The van der Waals surface area contributed by atoms with Crippen molar-refractivity contribution in [2.24, 2.45) is 0 Å². The molecule has 3 nitrogen and oxygen atoms in total. The van der Waals surface area contributed by atoms with Crippen LogP contribution in [0.2, 0.25) is 0 Å². The summed E-state index contributed by atoms with van der Waals surface area (Å²) in [7, 11) is 1.68. The topological polar surface area (TPSA) is 39.2 Å². The average molecular weight is 275 g/mol. The first-order valence-corrected chi connectivity index (χ1v) is 6.93. The van der Waals surface area contributed by atoms with Gasteiger partial charge >= 0.3 is 0 Å². The summed E-state index contributed by atoms with van der Waals surface area (Å²) in [6.45, 7) is 6.44. The van der Waals surface area contributed by atoms with Crippen LogP contribution < -0.4 is 4.74 Å². The predicted octanol–water partition coefficient (Wildman–Crippen LogP) is 3.93. The molecule has 1 aromatic heterocycles. The molecule has 19 heavy (non-hydrogen) atoms. The molecule has 0 amide bonds. The van der Waals surface area contributed by atoms with Gasteiger partial charge in [-0.05, 0) is 23.6 Å². The van der Waals surface area contributed by atoms with E-state index < -0.39 is 0 Å². The van der Waals surface area contributed by atoms with E-state index in [9.17, 15) is 4.79 Å². The van der Waals surface area contributed by atoms with Crippen LogP contribution in [0.1, 0.15) is 36.1 Å². The van der Waals surface area contributed by atoms with E-state index in [0.717, 1.165) is 28.9 Å². The Bertz CT molecular complexity index is 596. The second-order valence-corrected chi connectivity index (χ2v) is 6.24. The Kier molecular flexibility index (Phi) is 3.71. The highest BCUT2D eigenvalue weighted by Crippen LogP contribution is 2.35. The lowest BCUT2D eigenvalue weighted by atomic mass is 9.85. The van der Waals surface area contributed by atoms with Gasteiger partial charge in [0.25, 0.3) is 0 Å². The molecule has 0 aliphatic carbocycles. The highest BCUT2D eigenvalue weighted by Gasteiger charge is 2.20. The third kappa shape index (κ3) is 2.84. The van der Waals surface area contributed by atoms with E-state index in [4.69, 9.17) is 4.74 Å². The summed E-state index contributed by atoms with van der Waals surface area (Å²) in [6, 6.07) is 6.01. The lowest BCUT2D eigenvalue weighted by molar-refractivity contribution is 0.112. The van der Waals surface area contributed by atoms with Crippen LogP contribution in [0.4, 0.5) is 0 Å². The number of aromatic nitrogens is 1. The molecule has 0 N–H and O–H groups in total. The third-order valence-corrected chi connectivity index (χ3v) is 3.70. The fraction of sp³-hybridized carbons (Fsp3) is 0.333. The molecule has 0 unspecified atom stereocenters. The van der Waals surface area contributed by atoms with Crippen LogP contribution in [0.3, 0.4) is 0 Å². The molecule has 0 fully saturated rings. The summed E-state index contributed by atoms with van der Waals surface area (Å²) in [5.41, 5.74) is 2.97. The van der Waals surface area contributed by atoms with Gasteiger partial charge in [-0.1, -0.05) is 20.8 Å². The zero-order chi connectivity index (χ0) is 14.0. The lowest BCUT2D eigenvalue weighted by Gasteiger charge is -2.22. The van der Waals surface area contributed by atoms with Gasteiger partial charge < -0.3 is 4.74 Å². The number of rotatable bonds is 3. The molecule has 100 valence electrons. The molecule has 2 rings (SSSR count). The quantitative estimate of drug-likeness (QED) is 0.797. The Balaban J connectivity index is 2.51. The van der Waals surface area contributed by atoms with Gasteiger partial charge in [-0.3, -0.25) is 4.79 Å². The van der Waals surface area contributed by atoms with Crippen LogP contribution in [0.25, 0.3) is 11.3 Å². The number of methoxy groups -OCH3 is 1. The summed E-state index contributed by atoms with van der Waals surface area (Å²) in [6.07, 6.45) is 0.780. The summed E-state index contributed by atoms with van der Waals surface area (Å²) >= 11 is 1.36. The summed E-state index contributed by atoms with van der Waals surface area (Å²) < 4.78 is 5.42. The smallest absolute Gasteiger partial charge is 0.178 e. The molecule has 2 aromatic rings. The lowest BCUT2D eigenvalue weighted by Crippen LogP contribution is -2.12. The van der Waals surface area contributed by atoms with E-state index in [-0.39, 0.29) is 5.41 Å². The Labute approximate surface area is 117 Å². The molecular weight excluding hydrogens is 258 g/mol. The molecule has 1 heterocycles. The average Bonchev–Trinajstić information content (AvgIpc) is 2.85. The van der Waals surface area contributed by atoms with Crippen molar-refractivity contribution in [3.05, 3.63) is 34.2 Å². The van der Waals surface area contributed by atoms with E-state index in [1.165, 1.54) is 11.3 Å². The molecule has 4 heteroatoms. The van der Waals surface area contributed by atoms with E-state index in [1.807, 2.05) is 17.5 Å². The van der Waals surface area contributed by atoms with E-state index in [2.05, 4.69) is 31.8 Å². The van der Waals surface area contributed by atoms with E-state index >= 15 is 0 Å². The maximum absolute atomic E-state index is 10.7. The summed E-state index contributed by atoms with van der Waals surface area (Å²) in [5.74, 6) is 0.877. The van der Waals surface area contributed by atoms with Gasteiger partial charge in [0.2, 0.25) is 0 Å². The van der Waals surface area contributed by atoms with Crippen LogP contribution in [0.5, 0.6) is 5.75 Å². The van der Waals surface area contributed by atoms with Gasteiger partial charge in [0.1, 0.15) is 5.75 Å². The van der Waals surface area contributed by atoms with Gasteiger partial charge in [0, 0.05) is 16.5 Å². The Morgan fingerprint density at radius 1 is 1.32 bits per heavy atom. The molecular formula is C15H17NO2S. The largest absolute Gasteiger partial charge is 0.496 e. The number of nitrogens with zero attached hydrogens (tertiary/aromatic N) is 1. The van der Waals surface area contributed by atoms with Gasteiger partial charge in [0.05, 0.1) is 12.8 Å². The van der Waals surface area contributed by atoms with Crippen molar-refractivity contribution < 1.29 is 9.53 Å². The zero-order valence-electron chi connectivity index (χ0n) is 11.6. The molecule has 0 saturated heterocycles. The maximum Gasteiger partial charge on any atom is 0.178 e. The van der Waals surface area contributed by atoms with Crippen LogP contribution >= 0.6 is 11.3 Å². The van der Waals surface area contributed by atoms with Crippen molar-refractivity contribution in [2.75, 3.05) is 7.11 Å². The number of ether oxygens (including phenoxy) is 1. The zero-order valence-corrected chi connectivity index (χ0v) is 12.4. The maximum atomic E-state index is 10.7. The van der Waals surface area contributed by atoms with Gasteiger partial charge in [-0.2, -0.15) is 0 Å². The minimum absolute atomic E-state index is 0.00906. The van der Waals surface area contributed by atoms with E-state index in [1.54, 1.807) is 7.11 Å². The fourth-order valence-electron chi connectivity index (χ4n) is 1.93. The third-order valence-electron chi connectivity index (χ3n) is 2.93. The first kappa shape index (κ1) is 13.7. The monoisotopic (exact) mass is 275 g/mol.